The normalized spacial score (nSPS) is 26.3. The first-order valence-corrected chi connectivity index (χ1v) is 8.58. The highest BCUT2D eigenvalue weighted by Gasteiger charge is 2.45. The maximum absolute atomic E-state index is 11.3. The van der Waals surface area contributed by atoms with Crippen LogP contribution in [-0.4, -0.2) is 28.4 Å². The summed E-state index contributed by atoms with van der Waals surface area (Å²) in [4.78, 5) is 11.3. The Labute approximate surface area is 135 Å². The molecule has 0 saturated heterocycles. The fraction of sp³-hybridized carbons (Fsp3) is 0.857. The third-order valence-corrected chi connectivity index (χ3v) is 5.75. The van der Waals surface area contributed by atoms with Gasteiger partial charge in [0.25, 0.3) is 0 Å². The number of hydrogen-bond acceptors (Lipinski definition) is 2. The van der Waals surface area contributed by atoms with Crippen molar-refractivity contribution < 1.29 is 4.79 Å². The average molecular weight is 394 g/mol. The number of carbonyl (C=O) groups is 1. The Kier molecular flexibility index (Phi) is 6.54. The van der Waals surface area contributed by atoms with Gasteiger partial charge in [-0.1, -0.05) is 36.4 Å². The van der Waals surface area contributed by atoms with Crippen molar-refractivity contribution in [3.05, 3.63) is 0 Å². The number of carbonyl (C=O) groups excluding carboxylic acids is 1. The lowest BCUT2D eigenvalue weighted by molar-refractivity contribution is -0.119. The van der Waals surface area contributed by atoms with Gasteiger partial charge in [0, 0.05) is 23.4 Å². The van der Waals surface area contributed by atoms with E-state index in [0.29, 0.717) is 16.4 Å². The summed E-state index contributed by atoms with van der Waals surface area (Å²) in [5.41, 5.74) is 5.61. The van der Waals surface area contributed by atoms with Crippen molar-refractivity contribution in [1.82, 2.24) is 10.6 Å². The second kappa shape index (κ2) is 7.47. The Bertz CT molecular complexity index is 357. The molecule has 0 unspecified atom stereocenters. The number of guanidine groups is 1. The van der Waals surface area contributed by atoms with Gasteiger partial charge in [-0.3, -0.25) is 10.2 Å². The molecule has 5 N–H and O–H groups in total. The van der Waals surface area contributed by atoms with Crippen molar-refractivity contribution in [2.24, 2.45) is 17.1 Å². The molecule has 1 saturated carbocycles. The molecule has 0 heterocycles. The van der Waals surface area contributed by atoms with Gasteiger partial charge in [-0.15, -0.1) is 0 Å². The molecule has 20 heavy (non-hydrogen) atoms. The van der Waals surface area contributed by atoms with Crippen LogP contribution in [0.15, 0.2) is 0 Å². The van der Waals surface area contributed by atoms with E-state index in [2.05, 4.69) is 47.1 Å². The van der Waals surface area contributed by atoms with Crippen LogP contribution in [0.2, 0.25) is 0 Å². The van der Waals surface area contributed by atoms with Crippen molar-refractivity contribution >= 4 is 34.5 Å². The lowest BCUT2D eigenvalue weighted by atomic mass is 9.68. The minimum absolute atomic E-state index is 0.0244. The van der Waals surface area contributed by atoms with E-state index in [1.165, 1.54) is 0 Å². The second-order valence-corrected chi connectivity index (χ2v) is 7.58. The largest absolute Gasteiger partial charge is 0.370 e. The van der Waals surface area contributed by atoms with Gasteiger partial charge in [-0.05, 0) is 37.0 Å². The maximum atomic E-state index is 11.3. The van der Waals surface area contributed by atoms with Gasteiger partial charge in [0.05, 0.1) is 0 Å². The highest BCUT2D eigenvalue weighted by atomic mass is 127. The number of hydrogen-bond donors (Lipinski definition) is 4. The quantitative estimate of drug-likeness (QED) is 0.240. The Morgan fingerprint density at radius 2 is 2.00 bits per heavy atom. The van der Waals surface area contributed by atoms with Gasteiger partial charge in [-0.2, -0.15) is 0 Å². The molecule has 0 aliphatic heterocycles. The molecule has 1 amide bonds. The lowest BCUT2D eigenvalue weighted by Crippen LogP contribution is -2.50. The molecule has 0 aromatic heterocycles. The summed E-state index contributed by atoms with van der Waals surface area (Å²) in [5, 5.41) is 13.6. The van der Waals surface area contributed by atoms with Crippen LogP contribution in [0.5, 0.6) is 0 Å². The predicted octanol–water partition coefficient (Wildman–Crippen LogP) is 1.99. The molecule has 0 aromatic carbocycles. The summed E-state index contributed by atoms with van der Waals surface area (Å²) in [7, 11) is 0. The summed E-state index contributed by atoms with van der Waals surface area (Å²) in [6.07, 6.45) is 4.20. The zero-order valence-corrected chi connectivity index (χ0v) is 14.8. The zero-order chi connectivity index (χ0) is 15.3. The molecule has 1 fully saturated rings. The van der Waals surface area contributed by atoms with E-state index in [4.69, 9.17) is 11.1 Å². The first-order chi connectivity index (χ1) is 9.34. The van der Waals surface area contributed by atoms with Crippen LogP contribution in [0.4, 0.5) is 0 Å². The smallest absolute Gasteiger partial charge is 0.216 e. The van der Waals surface area contributed by atoms with Crippen molar-refractivity contribution in [2.45, 2.75) is 56.4 Å². The van der Waals surface area contributed by atoms with E-state index in [1.807, 2.05) is 0 Å². The number of alkyl halides is 1. The van der Waals surface area contributed by atoms with Gasteiger partial charge in [-0.25, -0.2) is 0 Å². The number of rotatable bonds is 6. The monoisotopic (exact) mass is 394 g/mol. The van der Waals surface area contributed by atoms with Crippen LogP contribution in [0.3, 0.4) is 0 Å². The minimum Gasteiger partial charge on any atom is -0.370 e. The zero-order valence-electron chi connectivity index (χ0n) is 12.6. The van der Waals surface area contributed by atoms with E-state index < -0.39 is 0 Å². The number of nitrogens with one attached hydrogen (secondary N) is 3. The highest BCUT2D eigenvalue weighted by molar-refractivity contribution is 14.1. The standard InChI is InChI=1S/C14H27IN4O/c1-4-14(5-2,8-18-9(3)20)11-6-10(15)7-12(11)19-13(16)17/h10-12H,4-8H2,1-3H3,(H,18,20)(H4,16,17,19)/t10-,11-,12-/m1/s1. The summed E-state index contributed by atoms with van der Waals surface area (Å²) in [6, 6.07) is 0.239. The number of nitrogens with two attached hydrogens (primary N) is 1. The molecule has 0 spiro atoms. The van der Waals surface area contributed by atoms with Gasteiger partial charge in [0.2, 0.25) is 5.91 Å². The molecule has 1 rings (SSSR count). The third-order valence-electron chi connectivity index (χ3n) is 4.73. The van der Waals surface area contributed by atoms with Gasteiger partial charge in [0.1, 0.15) is 0 Å². The molecule has 0 bridgehead atoms. The molecule has 1 aliphatic rings. The Morgan fingerprint density at radius 3 is 2.45 bits per heavy atom. The summed E-state index contributed by atoms with van der Waals surface area (Å²) in [5.74, 6) is 0.512. The molecule has 3 atom stereocenters. The van der Waals surface area contributed by atoms with Crippen LogP contribution in [0.25, 0.3) is 0 Å². The van der Waals surface area contributed by atoms with Gasteiger partial charge < -0.3 is 16.4 Å². The fourth-order valence-electron chi connectivity index (χ4n) is 3.47. The number of halogens is 1. The van der Waals surface area contributed by atoms with Gasteiger partial charge >= 0.3 is 0 Å². The van der Waals surface area contributed by atoms with Crippen molar-refractivity contribution in [2.75, 3.05) is 6.54 Å². The van der Waals surface area contributed by atoms with Crippen molar-refractivity contribution in [3.8, 4) is 0 Å². The van der Waals surface area contributed by atoms with E-state index >= 15 is 0 Å². The van der Waals surface area contributed by atoms with E-state index in [1.54, 1.807) is 6.92 Å². The average Bonchev–Trinajstić information content (AvgIpc) is 2.72. The molecular formula is C14H27IN4O. The molecule has 0 aromatic rings. The van der Waals surface area contributed by atoms with Crippen LogP contribution >= 0.6 is 22.6 Å². The number of amides is 1. The van der Waals surface area contributed by atoms with Crippen molar-refractivity contribution in [3.63, 3.8) is 0 Å². The highest BCUT2D eigenvalue weighted by Crippen LogP contribution is 2.46. The Morgan fingerprint density at radius 1 is 1.40 bits per heavy atom. The third kappa shape index (κ3) is 4.23. The first kappa shape index (κ1) is 17.5. The Hall–Kier alpha value is -0.530. The van der Waals surface area contributed by atoms with E-state index in [9.17, 15) is 4.79 Å². The molecule has 1 aliphatic carbocycles. The predicted molar refractivity (Wildman–Crippen MR) is 91.1 cm³/mol. The van der Waals surface area contributed by atoms with Crippen LogP contribution < -0.4 is 16.4 Å². The van der Waals surface area contributed by atoms with Crippen LogP contribution in [-0.2, 0) is 4.79 Å². The second-order valence-electron chi connectivity index (χ2n) is 5.82. The summed E-state index contributed by atoms with van der Waals surface area (Å²) in [6.45, 7) is 6.66. The molecular weight excluding hydrogens is 367 g/mol. The first-order valence-electron chi connectivity index (χ1n) is 7.33. The summed E-state index contributed by atoms with van der Waals surface area (Å²) < 4.78 is 0.601. The summed E-state index contributed by atoms with van der Waals surface area (Å²) >= 11 is 2.48. The Balaban J connectivity index is 2.91. The van der Waals surface area contributed by atoms with Gasteiger partial charge in [0.15, 0.2) is 5.96 Å². The lowest BCUT2D eigenvalue weighted by Gasteiger charge is -2.41. The van der Waals surface area contributed by atoms with E-state index in [0.717, 1.165) is 25.7 Å². The fourth-order valence-corrected chi connectivity index (χ4v) is 4.56. The molecule has 6 heteroatoms. The topological polar surface area (TPSA) is 91.0 Å². The van der Waals surface area contributed by atoms with Crippen molar-refractivity contribution in [1.29, 1.82) is 5.41 Å². The molecule has 0 radical (unpaired) electrons. The maximum Gasteiger partial charge on any atom is 0.216 e. The molecule has 116 valence electrons. The SMILES string of the molecule is CCC(CC)(CNC(C)=O)[C@@H]1C[C@@H](I)C[C@H]1NC(=N)N. The van der Waals surface area contributed by atoms with Crippen LogP contribution in [0.1, 0.15) is 46.5 Å². The van der Waals surface area contributed by atoms with Crippen LogP contribution in [0, 0.1) is 16.7 Å². The van der Waals surface area contributed by atoms with E-state index in [-0.39, 0.29) is 23.3 Å². The molecule has 5 nitrogen and oxygen atoms in total. The minimum atomic E-state index is 0.0244.